The number of amides is 1. The zero-order valence-electron chi connectivity index (χ0n) is 14.2. The van der Waals surface area contributed by atoms with Gasteiger partial charge in [-0.3, -0.25) is 4.79 Å². The van der Waals surface area contributed by atoms with Crippen molar-refractivity contribution < 1.29 is 13.9 Å². The molecule has 0 unspecified atom stereocenters. The Morgan fingerprint density at radius 1 is 1.16 bits per heavy atom. The number of aryl methyl sites for hydroxylation is 1. The van der Waals surface area contributed by atoms with E-state index in [0.29, 0.717) is 18.7 Å². The van der Waals surface area contributed by atoms with Crippen molar-refractivity contribution in [1.82, 2.24) is 9.88 Å². The number of methoxy groups -OCH3 is 1. The summed E-state index contributed by atoms with van der Waals surface area (Å²) in [5.74, 6) is 0.350. The van der Waals surface area contributed by atoms with E-state index < -0.39 is 0 Å². The first-order chi connectivity index (χ1) is 12.1. The van der Waals surface area contributed by atoms with Crippen LogP contribution < -0.4 is 4.74 Å². The first-order valence-corrected chi connectivity index (χ1v) is 8.30. The molecule has 0 saturated heterocycles. The van der Waals surface area contributed by atoms with E-state index in [9.17, 15) is 9.18 Å². The third-order valence-electron chi connectivity index (χ3n) is 4.93. The van der Waals surface area contributed by atoms with Gasteiger partial charge < -0.3 is 14.6 Å². The fourth-order valence-corrected chi connectivity index (χ4v) is 3.67. The molecular weight excluding hydrogens is 319 g/mol. The lowest BCUT2D eigenvalue weighted by molar-refractivity contribution is 0.0746. The molecule has 1 aliphatic heterocycles. The van der Waals surface area contributed by atoms with Gasteiger partial charge in [-0.25, -0.2) is 4.39 Å². The van der Waals surface area contributed by atoms with Gasteiger partial charge in [-0.1, -0.05) is 0 Å². The third-order valence-corrected chi connectivity index (χ3v) is 4.93. The van der Waals surface area contributed by atoms with Crippen LogP contribution in [-0.4, -0.2) is 29.4 Å². The summed E-state index contributed by atoms with van der Waals surface area (Å²) in [6.07, 6.45) is 0.777. The SMILES string of the molecule is COc1ccc2[nH]c(C)c3c2c1CN(C(=O)c1ccc(F)cc1)CC3. The van der Waals surface area contributed by atoms with Crippen molar-refractivity contribution in [2.45, 2.75) is 19.9 Å². The quantitative estimate of drug-likeness (QED) is 0.772. The van der Waals surface area contributed by atoms with Crippen molar-refractivity contribution in [2.75, 3.05) is 13.7 Å². The van der Waals surface area contributed by atoms with Crippen LogP contribution >= 0.6 is 0 Å². The van der Waals surface area contributed by atoms with E-state index in [-0.39, 0.29) is 11.7 Å². The molecule has 3 aromatic rings. The molecule has 1 aromatic heterocycles. The lowest BCUT2D eigenvalue weighted by atomic mass is 10.0. The fourth-order valence-electron chi connectivity index (χ4n) is 3.67. The number of halogens is 1. The highest BCUT2D eigenvalue weighted by Crippen LogP contribution is 2.35. The monoisotopic (exact) mass is 338 g/mol. The Morgan fingerprint density at radius 2 is 1.92 bits per heavy atom. The molecule has 2 aromatic carbocycles. The van der Waals surface area contributed by atoms with E-state index in [0.717, 1.165) is 34.3 Å². The number of ether oxygens (including phenoxy) is 1. The number of nitrogens with one attached hydrogen (secondary N) is 1. The number of aromatic nitrogens is 1. The van der Waals surface area contributed by atoms with Crippen LogP contribution in [0.4, 0.5) is 4.39 Å². The van der Waals surface area contributed by atoms with Crippen LogP contribution in [0.25, 0.3) is 10.9 Å². The number of nitrogens with zero attached hydrogens (tertiary/aromatic N) is 1. The van der Waals surface area contributed by atoms with Crippen LogP contribution in [0.3, 0.4) is 0 Å². The van der Waals surface area contributed by atoms with Crippen molar-refractivity contribution in [3.63, 3.8) is 0 Å². The van der Waals surface area contributed by atoms with Crippen molar-refractivity contribution in [3.8, 4) is 5.75 Å². The molecule has 4 nitrogen and oxygen atoms in total. The molecule has 25 heavy (non-hydrogen) atoms. The molecule has 1 aliphatic rings. The summed E-state index contributed by atoms with van der Waals surface area (Å²) in [4.78, 5) is 18.1. The summed E-state index contributed by atoms with van der Waals surface area (Å²) in [5, 5.41) is 1.16. The summed E-state index contributed by atoms with van der Waals surface area (Å²) in [7, 11) is 1.65. The van der Waals surface area contributed by atoms with Crippen LogP contribution in [0.2, 0.25) is 0 Å². The number of carbonyl (C=O) groups excluding carboxylic acids is 1. The molecule has 5 heteroatoms. The van der Waals surface area contributed by atoms with E-state index >= 15 is 0 Å². The smallest absolute Gasteiger partial charge is 0.254 e. The zero-order valence-corrected chi connectivity index (χ0v) is 14.2. The fraction of sp³-hybridized carbons (Fsp3) is 0.250. The highest BCUT2D eigenvalue weighted by atomic mass is 19.1. The van der Waals surface area contributed by atoms with E-state index in [2.05, 4.69) is 11.9 Å². The third kappa shape index (κ3) is 2.56. The topological polar surface area (TPSA) is 45.3 Å². The van der Waals surface area contributed by atoms with Crippen molar-refractivity contribution >= 4 is 16.8 Å². The molecule has 1 amide bonds. The minimum absolute atomic E-state index is 0.0918. The summed E-state index contributed by atoms with van der Waals surface area (Å²) in [6.45, 7) is 3.14. The Labute approximate surface area is 145 Å². The first-order valence-electron chi connectivity index (χ1n) is 8.30. The number of hydrogen-bond donors (Lipinski definition) is 1. The molecule has 0 fully saturated rings. The second-order valence-corrected chi connectivity index (χ2v) is 6.38. The Hall–Kier alpha value is -2.82. The number of hydrogen-bond acceptors (Lipinski definition) is 2. The highest BCUT2D eigenvalue weighted by Gasteiger charge is 2.25. The van der Waals surface area contributed by atoms with Crippen LogP contribution in [0.1, 0.15) is 27.2 Å². The van der Waals surface area contributed by atoms with E-state index in [1.54, 1.807) is 7.11 Å². The number of rotatable bonds is 2. The van der Waals surface area contributed by atoms with Crippen molar-refractivity contribution in [1.29, 1.82) is 0 Å². The van der Waals surface area contributed by atoms with Crippen molar-refractivity contribution in [3.05, 3.63) is 64.6 Å². The van der Waals surface area contributed by atoms with Crippen LogP contribution in [0.15, 0.2) is 36.4 Å². The maximum Gasteiger partial charge on any atom is 0.254 e. The van der Waals surface area contributed by atoms with E-state index in [4.69, 9.17) is 4.74 Å². The largest absolute Gasteiger partial charge is 0.496 e. The van der Waals surface area contributed by atoms with Gasteiger partial charge in [0.15, 0.2) is 0 Å². The van der Waals surface area contributed by atoms with Crippen LogP contribution in [-0.2, 0) is 13.0 Å². The standard InChI is InChI=1S/C20H19FN2O2/c1-12-15-9-10-23(20(24)13-3-5-14(21)6-4-13)11-16-18(25-2)8-7-17(22-12)19(15)16/h3-8,22H,9-11H2,1-2H3. The maximum atomic E-state index is 13.1. The molecule has 0 saturated carbocycles. The van der Waals surface area contributed by atoms with Gasteiger partial charge in [-0.2, -0.15) is 0 Å². The lowest BCUT2D eigenvalue weighted by Crippen LogP contribution is -2.31. The van der Waals surface area contributed by atoms with Gasteiger partial charge >= 0.3 is 0 Å². The van der Waals surface area contributed by atoms with Crippen LogP contribution in [0, 0.1) is 12.7 Å². The van der Waals surface area contributed by atoms with Gasteiger partial charge in [0.1, 0.15) is 11.6 Å². The predicted octanol–water partition coefficient (Wildman–Crippen LogP) is 3.82. The van der Waals surface area contributed by atoms with Crippen molar-refractivity contribution in [2.24, 2.45) is 0 Å². The Bertz CT molecular complexity index is 960. The van der Waals surface area contributed by atoms with Gasteiger partial charge in [0.05, 0.1) is 13.7 Å². The minimum Gasteiger partial charge on any atom is -0.496 e. The molecule has 4 rings (SSSR count). The van der Waals surface area contributed by atoms with Crippen LogP contribution in [0.5, 0.6) is 5.75 Å². The second-order valence-electron chi connectivity index (χ2n) is 6.38. The van der Waals surface area contributed by atoms with Gasteiger partial charge in [-0.15, -0.1) is 0 Å². The number of aromatic amines is 1. The Kier molecular flexibility index (Phi) is 3.71. The molecule has 128 valence electrons. The lowest BCUT2D eigenvalue weighted by Gasteiger charge is -2.22. The molecule has 0 radical (unpaired) electrons. The molecule has 0 aliphatic carbocycles. The van der Waals surface area contributed by atoms with Gasteiger partial charge in [0, 0.05) is 34.3 Å². The van der Waals surface area contributed by atoms with Gasteiger partial charge in [0.2, 0.25) is 0 Å². The summed E-state index contributed by atoms with van der Waals surface area (Å²) in [5.41, 5.74) is 4.95. The number of benzene rings is 2. The Balaban J connectivity index is 1.77. The zero-order chi connectivity index (χ0) is 17.6. The summed E-state index contributed by atoms with van der Waals surface area (Å²) in [6, 6.07) is 9.66. The summed E-state index contributed by atoms with van der Waals surface area (Å²) >= 11 is 0. The van der Waals surface area contributed by atoms with E-state index in [1.807, 2.05) is 17.0 Å². The average molecular weight is 338 g/mol. The number of carbonyl (C=O) groups is 1. The Morgan fingerprint density at radius 3 is 2.64 bits per heavy atom. The molecule has 0 spiro atoms. The molecular formula is C20H19FN2O2. The maximum absolute atomic E-state index is 13.1. The minimum atomic E-state index is -0.342. The van der Waals surface area contributed by atoms with Gasteiger partial charge in [0.25, 0.3) is 5.91 Å². The second kappa shape index (κ2) is 5.92. The predicted molar refractivity (Wildman–Crippen MR) is 94.4 cm³/mol. The average Bonchev–Trinajstić information content (AvgIpc) is 2.80. The van der Waals surface area contributed by atoms with Gasteiger partial charge in [-0.05, 0) is 55.3 Å². The molecule has 1 N–H and O–H groups in total. The molecule has 0 atom stereocenters. The molecule has 0 bridgehead atoms. The normalized spacial score (nSPS) is 13.8. The van der Waals surface area contributed by atoms with E-state index in [1.165, 1.54) is 29.8 Å². The number of H-pyrrole nitrogens is 1. The highest BCUT2D eigenvalue weighted by molar-refractivity contribution is 5.96. The molecule has 2 heterocycles. The summed E-state index contributed by atoms with van der Waals surface area (Å²) < 4.78 is 18.7. The first kappa shape index (κ1) is 15.7.